The topological polar surface area (TPSA) is 38.3 Å². The number of hydrogen-bond donors (Lipinski definition) is 1. The van der Waals surface area contributed by atoms with E-state index in [2.05, 4.69) is 25.2 Å². The van der Waals surface area contributed by atoms with Crippen LogP contribution in [0.2, 0.25) is 0 Å². The van der Waals surface area contributed by atoms with Crippen molar-refractivity contribution in [3.05, 3.63) is 28.8 Å². The fraction of sp³-hybridized carbons (Fsp3) is 0.611. The van der Waals surface area contributed by atoms with E-state index in [9.17, 15) is 4.79 Å². The summed E-state index contributed by atoms with van der Waals surface area (Å²) in [6, 6.07) is 4.46. The standard InChI is InChI=1S/C18H27NO2/c1-13-10-15(3)17(11-14(13)2)21-12-18(20)19-16-8-6-4-5-7-9-16/h10-11,16H,4-9,12H2,1-3H3,(H,19,20). The first kappa shape index (κ1) is 15.9. The maximum absolute atomic E-state index is 12.0. The van der Waals surface area contributed by atoms with Gasteiger partial charge < -0.3 is 10.1 Å². The third kappa shape index (κ3) is 4.76. The summed E-state index contributed by atoms with van der Waals surface area (Å²) in [4.78, 5) is 12.0. The van der Waals surface area contributed by atoms with Gasteiger partial charge in [0.2, 0.25) is 0 Å². The normalized spacial score (nSPS) is 16.3. The van der Waals surface area contributed by atoms with Crippen molar-refractivity contribution in [2.24, 2.45) is 0 Å². The molecule has 0 unspecified atom stereocenters. The monoisotopic (exact) mass is 289 g/mol. The van der Waals surface area contributed by atoms with E-state index in [0.717, 1.165) is 24.2 Å². The van der Waals surface area contributed by atoms with Gasteiger partial charge in [0.15, 0.2) is 6.61 Å². The summed E-state index contributed by atoms with van der Waals surface area (Å²) in [6.07, 6.45) is 7.25. The van der Waals surface area contributed by atoms with E-state index in [-0.39, 0.29) is 12.5 Å². The SMILES string of the molecule is Cc1cc(C)c(OCC(=O)NC2CCCCCC2)cc1C. The molecule has 116 valence electrons. The third-order valence-electron chi connectivity index (χ3n) is 4.37. The summed E-state index contributed by atoms with van der Waals surface area (Å²) in [5.74, 6) is 0.814. The van der Waals surface area contributed by atoms with Crippen molar-refractivity contribution in [1.82, 2.24) is 5.32 Å². The van der Waals surface area contributed by atoms with E-state index in [1.807, 2.05) is 13.0 Å². The Bertz CT molecular complexity index is 488. The second kappa shape index (κ2) is 7.48. The van der Waals surface area contributed by atoms with Gasteiger partial charge in [-0.25, -0.2) is 0 Å². The first-order chi connectivity index (χ1) is 10.1. The van der Waals surface area contributed by atoms with Crippen molar-refractivity contribution in [3.63, 3.8) is 0 Å². The minimum absolute atomic E-state index is 0.000437. The van der Waals surface area contributed by atoms with Gasteiger partial charge in [-0.05, 0) is 56.4 Å². The molecular formula is C18H27NO2. The lowest BCUT2D eigenvalue weighted by atomic mass is 10.1. The molecule has 1 amide bonds. The molecule has 0 aromatic heterocycles. The van der Waals surface area contributed by atoms with Gasteiger partial charge in [-0.15, -0.1) is 0 Å². The van der Waals surface area contributed by atoms with Crippen molar-refractivity contribution in [1.29, 1.82) is 0 Å². The molecule has 21 heavy (non-hydrogen) atoms. The van der Waals surface area contributed by atoms with Gasteiger partial charge in [0.05, 0.1) is 0 Å². The van der Waals surface area contributed by atoms with Crippen LogP contribution in [0.4, 0.5) is 0 Å². The highest BCUT2D eigenvalue weighted by Gasteiger charge is 2.15. The van der Waals surface area contributed by atoms with Crippen molar-refractivity contribution in [3.8, 4) is 5.75 Å². The lowest BCUT2D eigenvalue weighted by Crippen LogP contribution is -2.37. The Kier molecular flexibility index (Phi) is 5.66. The summed E-state index contributed by atoms with van der Waals surface area (Å²) in [7, 11) is 0. The van der Waals surface area contributed by atoms with Gasteiger partial charge in [0, 0.05) is 6.04 Å². The Labute approximate surface area is 128 Å². The molecule has 1 N–H and O–H groups in total. The van der Waals surface area contributed by atoms with Crippen LogP contribution in [0.25, 0.3) is 0 Å². The zero-order chi connectivity index (χ0) is 15.2. The van der Waals surface area contributed by atoms with E-state index >= 15 is 0 Å². The Balaban J connectivity index is 1.84. The molecule has 3 heteroatoms. The summed E-state index contributed by atoms with van der Waals surface area (Å²) in [6.45, 7) is 6.28. The maximum Gasteiger partial charge on any atom is 0.258 e. The van der Waals surface area contributed by atoms with Crippen LogP contribution in [-0.2, 0) is 4.79 Å². The highest BCUT2D eigenvalue weighted by atomic mass is 16.5. The number of aryl methyl sites for hydroxylation is 3. The molecule has 0 radical (unpaired) electrons. The Hall–Kier alpha value is -1.51. The molecule has 0 spiro atoms. The highest BCUT2D eigenvalue weighted by molar-refractivity contribution is 5.77. The lowest BCUT2D eigenvalue weighted by Gasteiger charge is -2.17. The molecule has 3 nitrogen and oxygen atoms in total. The first-order valence-corrected chi connectivity index (χ1v) is 8.06. The third-order valence-corrected chi connectivity index (χ3v) is 4.37. The number of carbonyl (C=O) groups is 1. The zero-order valence-electron chi connectivity index (χ0n) is 13.5. The van der Waals surface area contributed by atoms with Gasteiger partial charge in [0.1, 0.15) is 5.75 Å². The Morgan fingerprint density at radius 3 is 2.33 bits per heavy atom. The van der Waals surface area contributed by atoms with Crippen LogP contribution in [0.3, 0.4) is 0 Å². The number of ether oxygens (including phenoxy) is 1. The molecule has 0 aliphatic heterocycles. The largest absolute Gasteiger partial charge is 0.483 e. The molecule has 1 saturated carbocycles. The van der Waals surface area contributed by atoms with Gasteiger partial charge in [-0.3, -0.25) is 4.79 Å². The predicted octanol–water partition coefficient (Wildman–Crippen LogP) is 3.83. The van der Waals surface area contributed by atoms with Crippen LogP contribution in [0.1, 0.15) is 55.2 Å². The van der Waals surface area contributed by atoms with Crippen molar-refractivity contribution in [2.75, 3.05) is 6.61 Å². The number of rotatable bonds is 4. The Morgan fingerprint density at radius 1 is 1.05 bits per heavy atom. The van der Waals surface area contributed by atoms with Crippen molar-refractivity contribution < 1.29 is 9.53 Å². The first-order valence-electron chi connectivity index (χ1n) is 8.06. The average molecular weight is 289 g/mol. The molecule has 0 saturated heterocycles. The molecule has 1 aromatic rings. The van der Waals surface area contributed by atoms with Crippen LogP contribution in [0, 0.1) is 20.8 Å². The van der Waals surface area contributed by atoms with Gasteiger partial charge in [-0.1, -0.05) is 31.7 Å². The smallest absolute Gasteiger partial charge is 0.258 e. The number of amides is 1. The predicted molar refractivity (Wildman–Crippen MR) is 85.8 cm³/mol. The van der Waals surface area contributed by atoms with Crippen LogP contribution in [0.15, 0.2) is 12.1 Å². The number of benzene rings is 1. The second-order valence-corrected chi connectivity index (χ2v) is 6.25. The van der Waals surface area contributed by atoms with E-state index in [1.54, 1.807) is 0 Å². The van der Waals surface area contributed by atoms with Gasteiger partial charge >= 0.3 is 0 Å². The van der Waals surface area contributed by atoms with Crippen LogP contribution >= 0.6 is 0 Å². The summed E-state index contributed by atoms with van der Waals surface area (Å²) < 4.78 is 5.70. The molecule has 1 aromatic carbocycles. The van der Waals surface area contributed by atoms with Crippen LogP contribution < -0.4 is 10.1 Å². The molecule has 1 aliphatic carbocycles. The number of carbonyl (C=O) groups excluding carboxylic acids is 1. The quantitative estimate of drug-likeness (QED) is 0.856. The average Bonchev–Trinajstić information content (AvgIpc) is 2.70. The summed E-state index contributed by atoms with van der Waals surface area (Å²) in [5, 5.41) is 3.11. The molecule has 0 bridgehead atoms. The number of nitrogens with one attached hydrogen (secondary N) is 1. The van der Waals surface area contributed by atoms with Crippen LogP contribution in [0.5, 0.6) is 5.75 Å². The molecule has 0 atom stereocenters. The second-order valence-electron chi connectivity index (χ2n) is 6.25. The minimum atomic E-state index is -0.000437. The lowest BCUT2D eigenvalue weighted by molar-refractivity contribution is -0.123. The molecule has 2 rings (SSSR count). The fourth-order valence-electron chi connectivity index (χ4n) is 2.93. The number of hydrogen-bond acceptors (Lipinski definition) is 2. The summed E-state index contributed by atoms with van der Waals surface area (Å²) >= 11 is 0. The van der Waals surface area contributed by atoms with Crippen molar-refractivity contribution in [2.45, 2.75) is 65.3 Å². The van der Waals surface area contributed by atoms with Gasteiger partial charge in [-0.2, -0.15) is 0 Å². The van der Waals surface area contributed by atoms with Crippen LogP contribution in [-0.4, -0.2) is 18.6 Å². The van der Waals surface area contributed by atoms with E-state index in [1.165, 1.54) is 36.8 Å². The highest BCUT2D eigenvalue weighted by Crippen LogP contribution is 2.22. The molecule has 1 aliphatic rings. The van der Waals surface area contributed by atoms with E-state index in [4.69, 9.17) is 4.74 Å². The van der Waals surface area contributed by atoms with Gasteiger partial charge in [0.25, 0.3) is 5.91 Å². The van der Waals surface area contributed by atoms with Crippen molar-refractivity contribution >= 4 is 5.91 Å². The zero-order valence-corrected chi connectivity index (χ0v) is 13.5. The Morgan fingerprint density at radius 2 is 1.67 bits per heavy atom. The molecular weight excluding hydrogens is 262 g/mol. The van der Waals surface area contributed by atoms with E-state index < -0.39 is 0 Å². The maximum atomic E-state index is 12.0. The van der Waals surface area contributed by atoms with E-state index in [0.29, 0.717) is 6.04 Å². The summed E-state index contributed by atoms with van der Waals surface area (Å²) in [5.41, 5.74) is 3.53. The molecule has 0 heterocycles. The molecule has 1 fully saturated rings. The minimum Gasteiger partial charge on any atom is -0.483 e. The fourth-order valence-corrected chi connectivity index (χ4v) is 2.93.